The van der Waals surface area contributed by atoms with Crippen molar-refractivity contribution in [1.29, 1.82) is 0 Å². The largest absolute Gasteiger partial charge is 0.469 e. The molecule has 1 saturated heterocycles. The number of nitrogens with zero attached hydrogens (tertiary/aromatic N) is 1. The molecule has 5 heteroatoms. The van der Waals surface area contributed by atoms with Crippen LogP contribution in [0.3, 0.4) is 0 Å². The van der Waals surface area contributed by atoms with E-state index in [0.29, 0.717) is 6.54 Å². The number of ether oxygens (including phenoxy) is 1. The zero-order valence-electron chi connectivity index (χ0n) is 15.7. The Kier molecular flexibility index (Phi) is 6.34. The number of aliphatic imine (C=N–C) groups is 1. The minimum absolute atomic E-state index is 0.147. The van der Waals surface area contributed by atoms with Crippen molar-refractivity contribution in [2.75, 3.05) is 19.7 Å². The van der Waals surface area contributed by atoms with Gasteiger partial charge in [-0.3, -0.25) is 4.99 Å². The van der Waals surface area contributed by atoms with Gasteiger partial charge in [-0.05, 0) is 44.4 Å². The maximum atomic E-state index is 5.87. The van der Waals surface area contributed by atoms with Crippen LogP contribution in [0.2, 0.25) is 0 Å². The molecule has 2 unspecified atom stereocenters. The SMILES string of the molecule is CC(NC(=NCC1(C)CCCO1)NCCc1ccco1)c1ccccc1. The van der Waals surface area contributed by atoms with E-state index < -0.39 is 0 Å². The summed E-state index contributed by atoms with van der Waals surface area (Å²) in [5, 5.41) is 6.93. The lowest BCUT2D eigenvalue weighted by Crippen LogP contribution is -2.41. The van der Waals surface area contributed by atoms with Gasteiger partial charge in [0.05, 0.1) is 24.5 Å². The lowest BCUT2D eigenvalue weighted by atomic mass is 10.0. The zero-order chi connectivity index (χ0) is 18.2. The number of rotatable bonds is 7. The topological polar surface area (TPSA) is 58.8 Å². The van der Waals surface area contributed by atoms with Gasteiger partial charge >= 0.3 is 0 Å². The van der Waals surface area contributed by atoms with Crippen molar-refractivity contribution in [3.05, 3.63) is 60.1 Å². The first kappa shape index (κ1) is 18.5. The number of benzene rings is 1. The Labute approximate surface area is 155 Å². The van der Waals surface area contributed by atoms with Crippen molar-refractivity contribution in [2.24, 2.45) is 4.99 Å². The lowest BCUT2D eigenvalue weighted by Gasteiger charge is -2.23. The highest BCUT2D eigenvalue weighted by molar-refractivity contribution is 5.80. The summed E-state index contributed by atoms with van der Waals surface area (Å²) < 4.78 is 11.3. The van der Waals surface area contributed by atoms with Gasteiger partial charge in [0.2, 0.25) is 0 Å². The van der Waals surface area contributed by atoms with Crippen LogP contribution in [-0.4, -0.2) is 31.3 Å². The molecule has 0 aliphatic carbocycles. The molecule has 140 valence electrons. The Balaban J connectivity index is 1.61. The Morgan fingerprint density at radius 1 is 1.23 bits per heavy atom. The smallest absolute Gasteiger partial charge is 0.191 e. The number of furan rings is 1. The van der Waals surface area contributed by atoms with Crippen molar-refractivity contribution in [3.63, 3.8) is 0 Å². The minimum Gasteiger partial charge on any atom is -0.469 e. The molecule has 0 spiro atoms. The monoisotopic (exact) mass is 355 g/mol. The van der Waals surface area contributed by atoms with Crippen LogP contribution in [0.5, 0.6) is 0 Å². The third-order valence-electron chi connectivity index (χ3n) is 4.77. The van der Waals surface area contributed by atoms with Gasteiger partial charge in [-0.25, -0.2) is 0 Å². The van der Waals surface area contributed by atoms with E-state index in [1.165, 1.54) is 5.56 Å². The van der Waals surface area contributed by atoms with Gasteiger partial charge in [0, 0.05) is 19.6 Å². The van der Waals surface area contributed by atoms with Crippen molar-refractivity contribution in [2.45, 2.75) is 44.8 Å². The summed E-state index contributed by atoms with van der Waals surface area (Å²) in [6, 6.07) is 14.5. The molecule has 0 saturated carbocycles. The average Bonchev–Trinajstić information content (AvgIpc) is 3.32. The molecule has 5 nitrogen and oxygen atoms in total. The van der Waals surface area contributed by atoms with Crippen molar-refractivity contribution >= 4 is 5.96 Å². The Morgan fingerprint density at radius 2 is 2.08 bits per heavy atom. The highest BCUT2D eigenvalue weighted by Crippen LogP contribution is 2.25. The molecule has 2 N–H and O–H groups in total. The highest BCUT2D eigenvalue weighted by Gasteiger charge is 2.29. The zero-order valence-corrected chi connectivity index (χ0v) is 15.7. The highest BCUT2D eigenvalue weighted by atomic mass is 16.5. The van der Waals surface area contributed by atoms with E-state index in [9.17, 15) is 0 Å². The van der Waals surface area contributed by atoms with Crippen LogP contribution in [0.15, 0.2) is 58.1 Å². The molecular formula is C21H29N3O2. The molecule has 1 fully saturated rings. The fourth-order valence-corrected chi connectivity index (χ4v) is 3.15. The van der Waals surface area contributed by atoms with E-state index in [4.69, 9.17) is 14.1 Å². The standard InChI is InChI=1S/C21H29N3O2/c1-17(18-8-4-3-5-9-18)24-20(22-13-11-19-10-6-14-25-19)23-16-21(2)12-7-15-26-21/h3-6,8-10,14,17H,7,11-13,15-16H2,1-2H3,(H2,22,23,24). The first-order valence-electron chi connectivity index (χ1n) is 9.41. The van der Waals surface area contributed by atoms with Crippen LogP contribution in [-0.2, 0) is 11.2 Å². The van der Waals surface area contributed by atoms with E-state index in [0.717, 1.165) is 44.1 Å². The van der Waals surface area contributed by atoms with Gasteiger partial charge < -0.3 is 19.8 Å². The molecule has 1 aromatic carbocycles. The molecule has 0 bridgehead atoms. The van der Waals surface area contributed by atoms with Gasteiger partial charge in [-0.2, -0.15) is 0 Å². The Morgan fingerprint density at radius 3 is 2.77 bits per heavy atom. The minimum atomic E-state index is -0.147. The molecule has 2 atom stereocenters. The molecular weight excluding hydrogens is 326 g/mol. The predicted molar refractivity (Wildman–Crippen MR) is 104 cm³/mol. The van der Waals surface area contributed by atoms with Crippen LogP contribution in [0.1, 0.15) is 44.1 Å². The number of hydrogen-bond acceptors (Lipinski definition) is 3. The van der Waals surface area contributed by atoms with Gasteiger partial charge in [-0.1, -0.05) is 30.3 Å². The molecule has 2 aromatic rings. The van der Waals surface area contributed by atoms with Gasteiger partial charge in [0.15, 0.2) is 5.96 Å². The Hall–Kier alpha value is -2.27. The number of hydrogen-bond donors (Lipinski definition) is 2. The first-order chi connectivity index (χ1) is 12.6. The van der Waals surface area contributed by atoms with Gasteiger partial charge in [0.1, 0.15) is 5.76 Å². The Bertz CT molecular complexity index is 677. The van der Waals surface area contributed by atoms with E-state index in [1.54, 1.807) is 6.26 Å². The van der Waals surface area contributed by atoms with E-state index in [2.05, 4.69) is 48.7 Å². The van der Waals surface area contributed by atoms with Crippen LogP contribution < -0.4 is 10.6 Å². The normalized spacial score (nSPS) is 21.5. The maximum absolute atomic E-state index is 5.87. The molecule has 1 aliphatic rings. The molecule has 1 aliphatic heterocycles. The second kappa shape index (κ2) is 8.90. The summed E-state index contributed by atoms with van der Waals surface area (Å²) >= 11 is 0. The van der Waals surface area contributed by atoms with E-state index >= 15 is 0 Å². The lowest BCUT2D eigenvalue weighted by molar-refractivity contribution is 0.0283. The van der Waals surface area contributed by atoms with E-state index in [-0.39, 0.29) is 11.6 Å². The van der Waals surface area contributed by atoms with E-state index in [1.807, 2.05) is 18.2 Å². The van der Waals surface area contributed by atoms with Crippen LogP contribution >= 0.6 is 0 Å². The van der Waals surface area contributed by atoms with Gasteiger partial charge in [-0.15, -0.1) is 0 Å². The first-order valence-corrected chi connectivity index (χ1v) is 9.41. The number of nitrogens with one attached hydrogen (secondary N) is 2. The maximum Gasteiger partial charge on any atom is 0.191 e. The van der Waals surface area contributed by atoms with Crippen molar-refractivity contribution < 1.29 is 9.15 Å². The average molecular weight is 355 g/mol. The van der Waals surface area contributed by atoms with Crippen molar-refractivity contribution in [1.82, 2.24) is 10.6 Å². The van der Waals surface area contributed by atoms with Crippen LogP contribution in [0.25, 0.3) is 0 Å². The summed E-state index contributed by atoms with van der Waals surface area (Å²) in [7, 11) is 0. The van der Waals surface area contributed by atoms with Gasteiger partial charge in [0.25, 0.3) is 0 Å². The summed E-state index contributed by atoms with van der Waals surface area (Å²) in [6.07, 6.45) is 4.70. The summed E-state index contributed by atoms with van der Waals surface area (Å²) in [4.78, 5) is 4.80. The second-order valence-corrected chi connectivity index (χ2v) is 7.10. The fraction of sp³-hybridized carbons (Fsp3) is 0.476. The third-order valence-corrected chi connectivity index (χ3v) is 4.77. The predicted octanol–water partition coefficient (Wildman–Crippen LogP) is 3.69. The van der Waals surface area contributed by atoms with Crippen LogP contribution in [0, 0.1) is 0 Å². The summed E-state index contributed by atoms with van der Waals surface area (Å²) in [5.41, 5.74) is 1.09. The quantitative estimate of drug-likeness (QED) is 0.587. The third kappa shape index (κ3) is 5.36. The number of guanidine groups is 1. The second-order valence-electron chi connectivity index (χ2n) is 7.10. The molecule has 2 heterocycles. The van der Waals surface area contributed by atoms with Crippen LogP contribution in [0.4, 0.5) is 0 Å². The molecule has 0 radical (unpaired) electrons. The molecule has 1 aromatic heterocycles. The molecule has 0 amide bonds. The fourth-order valence-electron chi connectivity index (χ4n) is 3.15. The van der Waals surface area contributed by atoms with Crippen molar-refractivity contribution in [3.8, 4) is 0 Å². The molecule has 3 rings (SSSR count). The summed E-state index contributed by atoms with van der Waals surface area (Å²) in [5.74, 6) is 1.78. The summed E-state index contributed by atoms with van der Waals surface area (Å²) in [6.45, 7) is 6.54. The molecule has 26 heavy (non-hydrogen) atoms.